The molecule has 2 aromatic carbocycles. The van der Waals surface area contributed by atoms with Crippen molar-refractivity contribution in [2.45, 2.75) is 19.2 Å². The van der Waals surface area contributed by atoms with Gasteiger partial charge in [-0.15, -0.1) is 11.3 Å². The van der Waals surface area contributed by atoms with E-state index in [9.17, 15) is 9.59 Å². The number of benzene rings is 2. The van der Waals surface area contributed by atoms with Crippen molar-refractivity contribution in [3.8, 4) is 11.3 Å². The number of ether oxygens (including phenoxy) is 1. The lowest BCUT2D eigenvalue weighted by molar-refractivity contribution is -0.119. The second-order valence-corrected chi connectivity index (χ2v) is 9.54. The van der Waals surface area contributed by atoms with Gasteiger partial charge in [0.05, 0.1) is 24.5 Å². The largest absolute Gasteiger partial charge is 0.374 e. The molecule has 0 aliphatic heterocycles. The molecule has 1 unspecified atom stereocenters. The van der Waals surface area contributed by atoms with Gasteiger partial charge in [0.15, 0.2) is 5.13 Å². The zero-order chi connectivity index (χ0) is 25.3. The highest BCUT2D eigenvalue weighted by molar-refractivity contribution is 7.97. The first-order chi connectivity index (χ1) is 17.6. The Morgan fingerprint density at radius 1 is 1.11 bits per heavy atom. The van der Waals surface area contributed by atoms with Crippen molar-refractivity contribution in [3.05, 3.63) is 95.1 Å². The molecule has 0 radical (unpaired) electrons. The van der Waals surface area contributed by atoms with Crippen molar-refractivity contribution in [2.24, 2.45) is 5.73 Å². The zero-order valence-electron chi connectivity index (χ0n) is 19.7. The topological polar surface area (TPSA) is 111 Å². The number of carbonyl (C=O) groups excluding carboxylic acids is 2. The molecule has 2 amide bonds. The number of anilines is 1. The van der Waals surface area contributed by atoms with E-state index < -0.39 is 11.9 Å². The molecule has 2 aromatic heterocycles. The highest BCUT2D eigenvalue weighted by Gasteiger charge is 2.23. The smallest absolute Gasteiger partial charge is 0.253 e. The van der Waals surface area contributed by atoms with Gasteiger partial charge in [0.1, 0.15) is 6.04 Å². The molecule has 0 saturated heterocycles. The van der Waals surface area contributed by atoms with E-state index in [1.165, 1.54) is 23.3 Å². The number of amides is 2. The summed E-state index contributed by atoms with van der Waals surface area (Å²) >= 11 is 2.79. The van der Waals surface area contributed by atoms with Gasteiger partial charge >= 0.3 is 0 Å². The molecule has 186 valence electrons. The van der Waals surface area contributed by atoms with E-state index in [1.807, 2.05) is 70.2 Å². The molecule has 0 spiro atoms. The molecule has 4 aromatic rings. The number of nitrogens with zero attached hydrogens (tertiary/aromatic N) is 2. The quantitative estimate of drug-likeness (QED) is 0.273. The first-order valence-corrected chi connectivity index (χ1v) is 13.3. The zero-order valence-corrected chi connectivity index (χ0v) is 21.4. The summed E-state index contributed by atoms with van der Waals surface area (Å²) in [5.74, 6) is -0.761. The van der Waals surface area contributed by atoms with E-state index in [4.69, 9.17) is 10.5 Å². The van der Waals surface area contributed by atoms with Gasteiger partial charge in [0, 0.05) is 36.1 Å². The van der Waals surface area contributed by atoms with E-state index in [1.54, 1.807) is 18.5 Å². The number of nitrogens with one attached hydrogen (secondary N) is 2. The van der Waals surface area contributed by atoms with Gasteiger partial charge in [-0.05, 0) is 29.1 Å². The predicted molar refractivity (Wildman–Crippen MR) is 145 cm³/mol. The fourth-order valence-electron chi connectivity index (χ4n) is 3.38. The molecule has 0 fully saturated rings. The number of hydrogen-bond acceptors (Lipinski definition) is 7. The fraction of sp³-hybridized carbons (Fsp3) is 0.192. The summed E-state index contributed by atoms with van der Waals surface area (Å²) in [7, 11) is 0. The van der Waals surface area contributed by atoms with Crippen molar-refractivity contribution in [3.63, 3.8) is 0 Å². The number of aromatic nitrogens is 2. The molecule has 0 bridgehead atoms. The van der Waals surface area contributed by atoms with Gasteiger partial charge in [-0.1, -0.05) is 54.6 Å². The van der Waals surface area contributed by atoms with Gasteiger partial charge in [-0.3, -0.25) is 13.6 Å². The molecule has 0 aliphatic rings. The molecule has 2 heterocycles. The summed E-state index contributed by atoms with van der Waals surface area (Å²) in [4.78, 5) is 30.5. The van der Waals surface area contributed by atoms with E-state index >= 15 is 0 Å². The Hall–Kier alpha value is -3.44. The number of rotatable bonds is 11. The Morgan fingerprint density at radius 3 is 2.56 bits per heavy atom. The van der Waals surface area contributed by atoms with Crippen LogP contribution in [0.2, 0.25) is 0 Å². The Morgan fingerprint density at radius 2 is 1.86 bits per heavy atom. The third-order valence-corrected chi connectivity index (χ3v) is 6.78. The molecule has 10 heteroatoms. The average molecular weight is 522 g/mol. The summed E-state index contributed by atoms with van der Waals surface area (Å²) in [5.41, 5.74) is 9.81. The van der Waals surface area contributed by atoms with Crippen molar-refractivity contribution in [2.75, 3.05) is 18.2 Å². The van der Waals surface area contributed by atoms with Crippen LogP contribution in [0.4, 0.5) is 5.13 Å². The van der Waals surface area contributed by atoms with Gasteiger partial charge in [0.2, 0.25) is 0 Å². The van der Waals surface area contributed by atoms with Gasteiger partial charge in [-0.25, -0.2) is 4.98 Å². The first kappa shape index (κ1) is 25.6. The van der Waals surface area contributed by atoms with E-state index in [-0.39, 0.29) is 12.5 Å². The van der Waals surface area contributed by atoms with Crippen LogP contribution in [0.5, 0.6) is 0 Å². The fourth-order valence-corrected chi connectivity index (χ4v) is 4.50. The number of hydrogen-bond donors (Lipinski definition) is 3. The maximum absolute atomic E-state index is 13.2. The summed E-state index contributed by atoms with van der Waals surface area (Å²) in [6.45, 7) is 0.759. The average Bonchev–Trinajstić information content (AvgIpc) is 3.59. The molecular weight excluding hydrogens is 494 g/mol. The molecule has 36 heavy (non-hydrogen) atoms. The predicted octanol–water partition coefficient (Wildman–Crippen LogP) is 4.15. The Bertz CT molecular complexity index is 1290. The SMILES string of the molecule is CSn1ccc(C(=O)NC(COCc2ccc(CN)cc2)C(=O)Nc2nc(-c3ccccc3)cs2)c1. The highest BCUT2D eigenvalue weighted by atomic mass is 32.2. The van der Waals surface area contributed by atoms with Crippen molar-refractivity contribution >= 4 is 40.2 Å². The van der Waals surface area contributed by atoms with Crippen LogP contribution in [-0.4, -0.2) is 39.7 Å². The van der Waals surface area contributed by atoms with Crippen molar-refractivity contribution < 1.29 is 14.3 Å². The molecular formula is C26H27N5O3S2. The van der Waals surface area contributed by atoms with Crippen LogP contribution in [-0.2, 0) is 22.7 Å². The van der Waals surface area contributed by atoms with E-state index in [0.29, 0.717) is 23.8 Å². The van der Waals surface area contributed by atoms with Crippen LogP contribution in [0.25, 0.3) is 11.3 Å². The molecule has 4 N–H and O–H groups in total. The summed E-state index contributed by atoms with van der Waals surface area (Å²) in [6, 6.07) is 18.2. The number of thiazole rings is 1. The van der Waals surface area contributed by atoms with Crippen LogP contribution in [0, 0.1) is 0 Å². The van der Waals surface area contributed by atoms with Crippen LogP contribution in [0.1, 0.15) is 21.5 Å². The molecule has 0 aliphatic carbocycles. The van der Waals surface area contributed by atoms with Crippen molar-refractivity contribution in [1.29, 1.82) is 0 Å². The number of carbonyl (C=O) groups is 2. The Labute approximate surface area is 218 Å². The molecule has 0 saturated carbocycles. The first-order valence-electron chi connectivity index (χ1n) is 11.3. The second-order valence-electron chi connectivity index (χ2n) is 7.90. The lowest BCUT2D eigenvalue weighted by atomic mass is 10.1. The van der Waals surface area contributed by atoms with Crippen LogP contribution in [0.15, 0.2) is 78.4 Å². The van der Waals surface area contributed by atoms with Crippen LogP contribution < -0.4 is 16.4 Å². The Kier molecular flexibility index (Phi) is 8.90. The standard InChI is InChI=1S/C26H27N5O3S2/c1-35-31-12-11-21(14-31)24(32)28-22(16-34-15-19-9-7-18(13-27)8-10-19)25(33)30-26-29-23(17-36-26)20-5-3-2-4-6-20/h2-12,14,17,22H,13,15-16,27H2,1H3,(H,28,32)(H,29,30,33). The van der Waals surface area contributed by atoms with Gasteiger partial charge < -0.3 is 21.1 Å². The summed E-state index contributed by atoms with van der Waals surface area (Å²) < 4.78 is 7.63. The minimum Gasteiger partial charge on any atom is -0.374 e. The molecule has 1 atom stereocenters. The lowest BCUT2D eigenvalue weighted by Crippen LogP contribution is -2.46. The van der Waals surface area contributed by atoms with E-state index in [0.717, 1.165) is 22.4 Å². The van der Waals surface area contributed by atoms with Crippen LogP contribution in [0.3, 0.4) is 0 Å². The maximum Gasteiger partial charge on any atom is 0.253 e. The summed E-state index contributed by atoms with van der Waals surface area (Å²) in [5, 5.41) is 7.94. The molecule has 8 nitrogen and oxygen atoms in total. The minimum absolute atomic E-state index is 0.00360. The van der Waals surface area contributed by atoms with Crippen LogP contribution >= 0.6 is 23.3 Å². The normalized spacial score (nSPS) is 11.7. The number of nitrogens with two attached hydrogens (primary N) is 1. The third kappa shape index (κ3) is 6.82. The van der Waals surface area contributed by atoms with Gasteiger partial charge in [-0.2, -0.15) is 0 Å². The Balaban J connectivity index is 1.43. The van der Waals surface area contributed by atoms with E-state index in [2.05, 4.69) is 15.6 Å². The third-order valence-electron chi connectivity index (χ3n) is 5.38. The minimum atomic E-state index is -0.914. The highest BCUT2D eigenvalue weighted by Crippen LogP contribution is 2.24. The summed E-state index contributed by atoms with van der Waals surface area (Å²) in [6.07, 6.45) is 5.40. The van der Waals surface area contributed by atoms with Gasteiger partial charge in [0.25, 0.3) is 11.8 Å². The van der Waals surface area contributed by atoms with Crippen molar-refractivity contribution in [1.82, 2.24) is 14.3 Å². The monoisotopic (exact) mass is 521 g/mol. The second kappa shape index (κ2) is 12.5. The lowest BCUT2D eigenvalue weighted by Gasteiger charge is -2.18. The molecule has 4 rings (SSSR count). The maximum atomic E-state index is 13.2.